The minimum absolute atomic E-state index is 0.0335. The third-order valence-electron chi connectivity index (χ3n) is 4.44. The van der Waals surface area contributed by atoms with Gasteiger partial charge in [-0.25, -0.2) is 4.98 Å². The van der Waals surface area contributed by atoms with E-state index in [0.29, 0.717) is 31.0 Å². The number of halogens is 1. The second kappa shape index (κ2) is 7.20. The van der Waals surface area contributed by atoms with Crippen molar-refractivity contribution < 1.29 is 15.0 Å². The summed E-state index contributed by atoms with van der Waals surface area (Å²) in [4.78, 5) is 17.6. The third kappa shape index (κ3) is 3.52. The Morgan fingerprint density at radius 1 is 1.25 bits per heavy atom. The van der Waals surface area contributed by atoms with Crippen molar-refractivity contribution in [1.82, 2.24) is 4.98 Å². The summed E-state index contributed by atoms with van der Waals surface area (Å²) >= 11 is 6.25. The first-order valence-corrected chi connectivity index (χ1v) is 8.29. The number of carbonyl (C=O) groups is 1. The first-order chi connectivity index (χ1) is 11.6. The predicted octanol–water partition coefficient (Wildman–Crippen LogP) is 3.20. The molecule has 6 heteroatoms. The number of hydrogen-bond acceptors (Lipinski definition) is 4. The van der Waals surface area contributed by atoms with Gasteiger partial charge in [-0.15, -0.1) is 0 Å². The quantitative estimate of drug-likeness (QED) is 0.889. The van der Waals surface area contributed by atoms with Crippen LogP contribution in [0.1, 0.15) is 18.4 Å². The van der Waals surface area contributed by atoms with Crippen molar-refractivity contribution in [3.05, 3.63) is 47.1 Å². The van der Waals surface area contributed by atoms with Crippen LogP contribution in [0.3, 0.4) is 0 Å². The zero-order valence-electron chi connectivity index (χ0n) is 13.2. The molecule has 0 bridgehead atoms. The van der Waals surface area contributed by atoms with E-state index in [9.17, 15) is 9.90 Å². The predicted molar refractivity (Wildman–Crippen MR) is 93.2 cm³/mol. The fourth-order valence-corrected chi connectivity index (χ4v) is 3.21. The van der Waals surface area contributed by atoms with Crippen LogP contribution in [-0.4, -0.2) is 34.3 Å². The molecule has 0 radical (unpaired) electrons. The average Bonchev–Trinajstić information content (AvgIpc) is 2.62. The molecule has 1 aliphatic heterocycles. The number of benzene rings is 1. The number of aliphatic hydroxyl groups excluding tert-OH is 1. The summed E-state index contributed by atoms with van der Waals surface area (Å²) in [5.41, 5.74) is 2.53. The number of carboxylic acid groups (broad SMARTS) is 1. The van der Waals surface area contributed by atoms with Crippen molar-refractivity contribution >= 4 is 23.4 Å². The molecule has 0 aliphatic carbocycles. The number of pyridine rings is 1. The van der Waals surface area contributed by atoms with Crippen molar-refractivity contribution in [2.75, 3.05) is 18.0 Å². The fraction of sp³-hybridized carbons (Fsp3) is 0.333. The number of anilines is 1. The molecule has 0 atom stereocenters. The van der Waals surface area contributed by atoms with Crippen molar-refractivity contribution in [2.45, 2.75) is 19.4 Å². The van der Waals surface area contributed by atoms with Gasteiger partial charge in [0, 0.05) is 35.4 Å². The van der Waals surface area contributed by atoms with E-state index >= 15 is 0 Å². The number of piperidine rings is 1. The number of aromatic nitrogens is 1. The van der Waals surface area contributed by atoms with E-state index < -0.39 is 5.97 Å². The van der Waals surface area contributed by atoms with Gasteiger partial charge >= 0.3 is 5.97 Å². The monoisotopic (exact) mass is 346 g/mol. The Morgan fingerprint density at radius 3 is 2.58 bits per heavy atom. The van der Waals surface area contributed by atoms with E-state index in [-0.39, 0.29) is 12.5 Å². The molecule has 0 saturated carbocycles. The van der Waals surface area contributed by atoms with Gasteiger partial charge in [0.25, 0.3) is 0 Å². The van der Waals surface area contributed by atoms with E-state index in [1.165, 1.54) is 0 Å². The largest absolute Gasteiger partial charge is 0.481 e. The van der Waals surface area contributed by atoms with E-state index in [0.717, 1.165) is 22.5 Å². The van der Waals surface area contributed by atoms with Crippen LogP contribution in [0.5, 0.6) is 0 Å². The van der Waals surface area contributed by atoms with E-state index in [1.807, 2.05) is 18.2 Å². The Bertz CT molecular complexity index is 726. The molecule has 2 aromatic rings. The van der Waals surface area contributed by atoms with Gasteiger partial charge in [0.15, 0.2) is 0 Å². The maximum atomic E-state index is 11.0. The number of hydrogen-bond donors (Lipinski definition) is 2. The van der Waals surface area contributed by atoms with Gasteiger partial charge in [-0.2, -0.15) is 0 Å². The smallest absolute Gasteiger partial charge is 0.306 e. The molecule has 3 rings (SSSR count). The molecule has 1 aliphatic rings. The summed E-state index contributed by atoms with van der Waals surface area (Å²) in [5.74, 6) is -0.117. The van der Waals surface area contributed by atoms with Crippen LogP contribution >= 0.6 is 11.6 Å². The van der Waals surface area contributed by atoms with Crippen LogP contribution in [0.2, 0.25) is 5.02 Å². The van der Waals surface area contributed by atoms with Crippen LogP contribution in [0.15, 0.2) is 36.5 Å². The Morgan fingerprint density at radius 2 is 2.00 bits per heavy atom. The van der Waals surface area contributed by atoms with Crippen molar-refractivity contribution in [1.29, 1.82) is 0 Å². The van der Waals surface area contributed by atoms with Crippen LogP contribution in [-0.2, 0) is 11.4 Å². The van der Waals surface area contributed by atoms with Crippen molar-refractivity contribution in [3.8, 4) is 11.1 Å². The number of aliphatic carboxylic acids is 1. The maximum Gasteiger partial charge on any atom is 0.306 e. The number of rotatable bonds is 4. The Labute approximate surface area is 145 Å². The summed E-state index contributed by atoms with van der Waals surface area (Å²) < 4.78 is 0. The van der Waals surface area contributed by atoms with Gasteiger partial charge in [-0.05, 0) is 42.7 Å². The summed E-state index contributed by atoms with van der Waals surface area (Å²) in [7, 11) is 0. The molecule has 2 heterocycles. The Balaban J connectivity index is 1.76. The molecular weight excluding hydrogens is 328 g/mol. The molecule has 1 saturated heterocycles. The summed E-state index contributed by atoms with van der Waals surface area (Å²) in [6, 6.07) is 9.30. The average molecular weight is 347 g/mol. The lowest BCUT2D eigenvalue weighted by atomic mass is 9.97. The summed E-state index contributed by atoms with van der Waals surface area (Å²) in [6.45, 7) is 1.36. The van der Waals surface area contributed by atoms with Gasteiger partial charge in [-0.1, -0.05) is 17.7 Å². The lowest BCUT2D eigenvalue weighted by Gasteiger charge is -2.31. The zero-order chi connectivity index (χ0) is 17.1. The van der Waals surface area contributed by atoms with E-state index in [2.05, 4.69) is 9.88 Å². The third-order valence-corrected chi connectivity index (χ3v) is 4.77. The zero-order valence-corrected chi connectivity index (χ0v) is 13.9. The lowest BCUT2D eigenvalue weighted by molar-refractivity contribution is -0.142. The molecule has 5 nitrogen and oxygen atoms in total. The highest BCUT2D eigenvalue weighted by atomic mass is 35.5. The molecule has 24 heavy (non-hydrogen) atoms. The van der Waals surface area contributed by atoms with Crippen LogP contribution in [0, 0.1) is 5.92 Å². The van der Waals surface area contributed by atoms with E-state index in [4.69, 9.17) is 16.7 Å². The standard InChI is InChI=1S/C18H19ClN2O3/c19-16-3-1-12(11-22)9-15(16)14-2-4-17(20-10-14)21-7-5-13(6-8-21)18(23)24/h1-4,9-10,13,22H,5-8,11H2,(H,23,24). The molecule has 1 aromatic heterocycles. The molecule has 1 fully saturated rings. The van der Waals surface area contributed by atoms with Gasteiger partial charge < -0.3 is 15.1 Å². The molecule has 1 aromatic carbocycles. The molecule has 0 amide bonds. The Kier molecular flexibility index (Phi) is 5.02. The van der Waals surface area contributed by atoms with Crippen LogP contribution in [0.25, 0.3) is 11.1 Å². The highest BCUT2D eigenvalue weighted by molar-refractivity contribution is 6.33. The SMILES string of the molecule is O=C(O)C1CCN(c2ccc(-c3cc(CO)ccc3Cl)cn2)CC1. The van der Waals surface area contributed by atoms with Crippen molar-refractivity contribution in [3.63, 3.8) is 0 Å². The molecule has 2 N–H and O–H groups in total. The highest BCUT2D eigenvalue weighted by Crippen LogP contribution is 2.30. The summed E-state index contributed by atoms with van der Waals surface area (Å²) in [5, 5.41) is 18.9. The first kappa shape index (κ1) is 16.7. The second-order valence-electron chi connectivity index (χ2n) is 5.98. The molecule has 0 unspecified atom stereocenters. The minimum atomic E-state index is -0.712. The normalized spacial score (nSPS) is 15.5. The van der Waals surface area contributed by atoms with Gasteiger partial charge in [0.1, 0.15) is 5.82 Å². The van der Waals surface area contributed by atoms with Gasteiger partial charge in [0.2, 0.25) is 0 Å². The topological polar surface area (TPSA) is 73.7 Å². The Hall–Kier alpha value is -2.11. The van der Waals surface area contributed by atoms with E-state index in [1.54, 1.807) is 18.3 Å². The van der Waals surface area contributed by atoms with Gasteiger partial charge in [-0.3, -0.25) is 4.79 Å². The first-order valence-electron chi connectivity index (χ1n) is 7.92. The van der Waals surface area contributed by atoms with Gasteiger partial charge in [0.05, 0.1) is 12.5 Å². The molecule has 0 spiro atoms. The molecule has 126 valence electrons. The minimum Gasteiger partial charge on any atom is -0.481 e. The highest BCUT2D eigenvalue weighted by Gasteiger charge is 2.25. The number of aliphatic hydroxyl groups is 1. The second-order valence-corrected chi connectivity index (χ2v) is 6.38. The lowest BCUT2D eigenvalue weighted by Crippen LogP contribution is -2.36. The number of carboxylic acids is 1. The molecular formula is C18H19ClN2O3. The number of nitrogens with zero attached hydrogens (tertiary/aromatic N) is 2. The summed E-state index contributed by atoms with van der Waals surface area (Å²) in [6.07, 6.45) is 3.05. The van der Waals surface area contributed by atoms with Crippen LogP contribution in [0.4, 0.5) is 5.82 Å². The van der Waals surface area contributed by atoms with Crippen LogP contribution < -0.4 is 4.90 Å². The maximum absolute atomic E-state index is 11.0. The van der Waals surface area contributed by atoms with Crippen molar-refractivity contribution in [2.24, 2.45) is 5.92 Å². The fourth-order valence-electron chi connectivity index (χ4n) is 2.98.